The molecule has 0 amide bonds. The molecule has 8 heteroatoms. The summed E-state index contributed by atoms with van der Waals surface area (Å²) in [6.45, 7) is 0.368. The number of hydrogen-bond acceptors (Lipinski definition) is 7. The highest BCUT2D eigenvalue weighted by Gasteiger charge is 2.26. The Labute approximate surface area is 238 Å². The quantitative estimate of drug-likeness (QED) is 0.164. The van der Waals surface area contributed by atoms with Crippen LogP contribution < -0.4 is 9.47 Å². The zero-order chi connectivity index (χ0) is 27.5. The molecule has 0 radical (unpaired) electrons. The minimum atomic E-state index is 0.131. The van der Waals surface area contributed by atoms with Crippen LogP contribution in [-0.4, -0.2) is 13.3 Å². The number of aliphatic imine (C=N–C) groups is 1. The second kappa shape index (κ2) is 11.0. The van der Waals surface area contributed by atoms with Gasteiger partial charge in [-0.3, -0.25) is 0 Å². The zero-order valence-corrected chi connectivity index (χ0v) is 22.8. The van der Waals surface area contributed by atoms with E-state index in [0.717, 1.165) is 16.3 Å². The van der Waals surface area contributed by atoms with E-state index < -0.39 is 0 Å². The van der Waals surface area contributed by atoms with Crippen LogP contribution in [0.5, 0.6) is 11.5 Å². The third-order valence-electron chi connectivity index (χ3n) is 6.35. The average molecular weight is 593 g/mol. The van der Waals surface area contributed by atoms with Gasteiger partial charge < -0.3 is 22.7 Å². The van der Waals surface area contributed by atoms with Crippen molar-refractivity contribution in [3.05, 3.63) is 113 Å². The lowest BCUT2D eigenvalue weighted by atomic mass is 10.1. The Kier molecular flexibility index (Phi) is 6.96. The molecule has 0 aliphatic rings. The lowest BCUT2D eigenvalue weighted by Crippen LogP contribution is -2.00. The number of methoxy groups -OCH3 is 1. The van der Waals surface area contributed by atoms with Gasteiger partial charge in [0.15, 0.2) is 23.0 Å². The fourth-order valence-electron chi connectivity index (χ4n) is 4.51. The van der Waals surface area contributed by atoms with Crippen LogP contribution in [0, 0.1) is 11.3 Å². The Hall–Kier alpha value is -5.00. The molecule has 3 aromatic carbocycles. The van der Waals surface area contributed by atoms with Crippen LogP contribution in [-0.2, 0) is 6.61 Å². The second-order valence-corrected chi connectivity index (χ2v) is 9.63. The molecule has 0 spiro atoms. The van der Waals surface area contributed by atoms with Gasteiger partial charge in [-0.25, -0.2) is 4.99 Å². The molecule has 3 aromatic heterocycles. The third kappa shape index (κ3) is 4.79. The van der Waals surface area contributed by atoms with Crippen LogP contribution in [0.2, 0.25) is 0 Å². The van der Waals surface area contributed by atoms with Crippen molar-refractivity contribution in [2.75, 3.05) is 7.11 Å². The number of fused-ring (bicyclic) bond motifs is 1. The number of hydrogen-bond donors (Lipinski definition) is 0. The first-order valence-electron chi connectivity index (χ1n) is 12.3. The Bertz CT molecular complexity index is 1860. The van der Waals surface area contributed by atoms with E-state index in [1.54, 1.807) is 37.6 Å². The SMILES string of the molecule is COc1cc(C=Nc2oc(-c3ccco3)c(-c3ccco3)c2C#N)cc(Br)c1OCc1cccc2ccccc12. The average Bonchev–Trinajstić information content (AvgIpc) is 3.76. The largest absolute Gasteiger partial charge is 0.493 e. The summed E-state index contributed by atoms with van der Waals surface area (Å²) in [5, 5.41) is 12.3. The van der Waals surface area contributed by atoms with Gasteiger partial charge in [-0.05, 0) is 74.2 Å². The van der Waals surface area contributed by atoms with E-state index in [-0.39, 0.29) is 11.4 Å². The van der Waals surface area contributed by atoms with Crippen LogP contribution in [0.3, 0.4) is 0 Å². The molecule has 6 rings (SSSR count). The van der Waals surface area contributed by atoms with E-state index in [2.05, 4.69) is 45.2 Å². The van der Waals surface area contributed by atoms with E-state index in [1.807, 2.05) is 36.4 Å². The summed E-state index contributed by atoms with van der Waals surface area (Å²) in [6, 6.07) is 27.2. The number of nitriles is 1. The molecule has 7 nitrogen and oxygen atoms in total. The predicted molar refractivity (Wildman–Crippen MR) is 155 cm³/mol. The van der Waals surface area contributed by atoms with Crippen LogP contribution >= 0.6 is 15.9 Å². The first-order chi connectivity index (χ1) is 19.7. The predicted octanol–water partition coefficient (Wildman–Crippen LogP) is 8.93. The summed E-state index contributed by atoms with van der Waals surface area (Å²) in [4.78, 5) is 4.51. The highest BCUT2D eigenvalue weighted by molar-refractivity contribution is 9.10. The van der Waals surface area contributed by atoms with Crippen molar-refractivity contribution in [2.24, 2.45) is 4.99 Å². The number of benzene rings is 3. The van der Waals surface area contributed by atoms with Crippen molar-refractivity contribution in [3.63, 3.8) is 0 Å². The van der Waals surface area contributed by atoms with Gasteiger partial charge in [0.2, 0.25) is 5.88 Å². The number of rotatable bonds is 8. The molecule has 6 aromatic rings. The first kappa shape index (κ1) is 25.3. The summed E-state index contributed by atoms with van der Waals surface area (Å²) < 4.78 is 29.7. The molecule has 0 bridgehead atoms. The molecule has 0 aliphatic carbocycles. The summed E-state index contributed by atoms with van der Waals surface area (Å²) in [5.41, 5.74) is 2.49. The van der Waals surface area contributed by atoms with Gasteiger partial charge in [-0.2, -0.15) is 5.26 Å². The highest BCUT2D eigenvalue weighted by Crippen LogP contribution is 2.43. The van der Waals surface area contributed by atoms with E-state index in [4.69, 9.17) is 22.7 Å². The summed E-state index contributed by atoms with van der Waals surface area (Å²) in [5.74, 6) is 2.53. The van der Waals surface area contributed by atoms with Crippen LogP contribution in [0.25, 0.3) is 33.6 Å². The lowest BCUT2D eigenvalue weighted by molar-refractivity contribution is 0.283. The molecule has 0 saturated heterocycles. The van der Waals surface area contributed by atoms with Gasteiger partial charge in [0.05, 0.1) is 29.7 Å². The molecule has 0 N–H and O–H groups in total. The monoisotopic (exact) mass is 592 g/mol. The summed E-state index contributed by atoms with van der Waals surface area (Å²) >= 11 is 3.62. The number of furan rings is 3. The number of ether oxygens (including phenoxy) is 2. The zero-order valence-electron chi connectivity index (χ0n) is 21.3. The van der Waals surface area contributed by atoms with Gasteiger partial charge in [0.1, 0.15) is 24.0 Å². The van der Waals surface area contributed by atoms with Crippen molar-refractivity contribution >= 4 is 38.8 Å². The molecule has 0 unspecified atom stereocenters. The van der Waals surface area contributed by atoms with Crippen LogP contribution in [0.4, 0.5) is 5.88 Å². The maximum atomic E-state index is 9.99. The van der Waals surface area contributed by atoms with Gasteiger partial charge >= 0.3 is 0 Å². The summed E-state index contributed by atoms with van der Waals surface area (Å²) in [7, 11) is 1.58. The Morgan fingerprint density at radius 2 is 1.73 bits per heavy atom. The molecule has 0 atom stereocenters. The highest BCUT2D eigenvalue weighted by atomic mass is 79.9. The van der Waals surface area contributed by atoms with Crippen molar-refractivity contribution in [3.8, 4) is 40.4 Å². The van der Waals surface area contributed by atoms with Crippen molar-refractivity contribution < 1.29 is 22.7 Å². The molecule has 0 aliphatic heterocycles. The van der Waals surface area contributed by atoms with Gasteiger partial charge in [0.25, 0.3) is 0 Å². The van der Waals surface area contributed by atoms with Crippen molar-refractivity contribution in [1.29, 1.82) is 5.26 Å². The Morgan fingerprint density at radius 3 is 2.48 bits per heavy atom. The molecule has 0 saturated carbocycles. The fraction of sp³-hybridized carbons (Fsp3) is 0.0625. The Morgan fingerprint density at radius 1 is 0.950 bits per heavy atom. The minimum Gasteiger partial charge on any atom is -0.493 e. The van der Waals surface area contributed by atoms with E-state index >= 15 is 0 Å². The van der Waals surface area contributed by atoms with Gasteiger partial charge in [-0.15, -0.1) is 0 Å². The first-order valence-corrected chi connectivity index (χ1v) is 13.1. The number of nitrogens with zero attached hydrogens (tertiary/aromatic N) is 2. The summed E-state index contributed by atoms with van der Waals surface area (Å²) in [6.07, 6.45) is 4.66. The molecule has 196 valence electrons. The minimum absolute atomic E-state index is 0.131. The smallest absolute Gasteiger partial charge is 0.238 e. The van der Waals surface area contributed by atoms with Crippen molar-refractivity contribution in [1.82, 2.24) is 0 Å². The Balaban J connectivity index is 1.31. The van der Waals surface area contributed by atoms with Gasteiger partial charge in [0, 0.05) is 6.21 Å². The van der Waals surface area contributed by atoms with Gasteiger partial charge in [-0.1, -0.05) is 42.5 Å². The lowest BCUT2D eigenvalue weighted by Gasteiger charge is -2.14. The molecule has 3 heterocycles. The molecular weight excluding hydrogens is 572 g/mol. The standard InChI is InChI=1S/C32H21BrN2O5/c1-36-28-16-20(15-25(33)30(28)39-19-22-9-4-8-21-7-2-3-10-23(21)22)18-35-32-24(17-34)29(26-11-5-13-37-26)31(40-32)27-12-6-14-38-27/h2-16,18H,19H2,1H3. The third-order valence-corrected chi connectivity index (χ3v) is 6.94. The normalized spacial score (nSPS) is 11.2. The molecule has 0 fully saturated rings. The van der Waals surface area contributed by atoms with Crippen LogP contribution in [0.15, 0.2) is 114 Å². The number of halogens is 1. The van der Waals surface area contributed by atoms with E-state index in [9.17, 15) is 5.26 Å². The molecular formula is C32H21BrN2O5. The van der Waals surface area contributed by atoms with Crippen LogP contribution in [0.1, 0.15) is 16.7 Å². The molecule has 40 heavy (non-hydrogen) atoms. The topological polar surface area (TPSA) is 94.0 Å². The van der Waals surface area contributed by atoms with Crippen molar-refractivity contribution in [2.45, 2.75) is 6.61 Å². The van der Waals surface area contributed by atoms with E-state index in [1.165, 1.54) is 12.5 Å². The maximum absolute atomic E-state index is 9.99. The fourth-order valence-corrected chi connectivity index (χ4v) is 5.08. The van der Waals surface area contributed by atoms with E-state index in [0.29, 0.717) is 51.0 Å². The maximum Gasteiger partial charge on any atom is 0.238 e. The second-order valence-electron chi connectivity index (χ2n) is 8.77.